The zero-order valence-electron chi connectivity index (χ0n) is 11.9. The molecule has 22 heavy (non-hydrogen) atoms. The van der Waals surface area contributed by atoms with Gasteiger partial charge >= 0.3 is 0 Å². The van der Waals surface area contributed by atoms with Crippen LogP contribution in [0.15, 0.2) is 10.7 Å². The molecule has 0 spiro atoms. The van der Waals surface area contributed by atoms with Crippen molar-refractivity contribution < 1.29 is 17.9 Å². The summed E-state index contributed by atoms with van der Waals surface area (Å²) in [5.41, 5.74) is -0.366. The van der Waals surface area contributed by atoms with Gasteiger partial charge in [-0.1, -0.05) is 0 Å². The van der Waals surface area contributed by atoms with Crippen molar-refractivity contribution >= 4 is 32.5 Å². The quantitative estimate of drug-likeness (QED) is 0.848. The second-order valence-corrected chi connectivity index (χ2v) is 5.95. The van der Waals surface area contributed by atoms with Gasteiger partial charge in [0.05, 0.1) is 11.3 Å². The van der Waals surface area contributed by atoms with Crippen LogP contribution in [-0.2, 0) is 4.74 Å². The van der Waals surface area contributed by atoms with Crippen LogP contribution in [0.3, 0.4) is 0 Å². The average Bonchev–Trinajstić information content (AvgIpc) is 2.93. The Morgan fingerprint density at radius 1 is 1.45 bits per heavy atom. The number of rotatable bonds is 3. The summed E-state index contributed by atoms with van der Waals surface area (Å²) in [7, 11) is 1.48. The van der Waals surface area contributed by atoms with Crippen LogP contribution in [0.4, 0.5) is 18.9 Å². The Hall–Kier alpha value is -1.28. The van der Waals surface area contributed by atoms with Gasteiger partial charge in [-0.2, -0.15) is 5.10 Å². The van der Waals surface area contributed by atoms with E-state index in [0.717, 1.165) is 19.3 Å². The number of anilines is 1. The molecule has 2 heterocycles. The Bertz CT molecular complexity index is 698. The molecule has 0 bridgehead atoms. The third-order valence-corrected chi connectivity index (χ3v) is 4.67. The molecule has 1 aromatic heterocycles. The number of benzene rings is 1. The summed E-state index contributed by atoms with van der Waals surface area (Å²) in [4.78, 5) is 0. The van der Waals surface area contributed by atoms with Crippen molar-refractivity contribution in [2.24, 2.45) is 0 Å². The van der Waals surface area contributed by atoms with E-state index in [0.29, 0.717) is 17.5 Å². The smallest absolute Gasteiger partial charge is 0.267 e. The van der Waals surface area contributed by atoms with E-state index in [-0.39, 0.29) is 16.4 Å². The number of nitrogens with one attached hydrogen (secondary N) is 1. The van der Waals surface area contributed by atoms with Gasteiger partial charge in [0, 0.05) is 29.7 Å². The van der Waals surface area contributed by atoms with Crippen molar-refractivity contribution in [3.05, 3.63) is 22.1 Å². The molecule has 1 fully saturated rings. The fraction of sp³-hybridized carbons (Fsp3) is 0.500. The maximum absolute atomic E-state index is 14.3. The van der Waals surface area contributed by atoms with E-state index < -0.39 is 17.8 Å². The first kappa shape index (κ1) is 15.6. The summed E-state index contributed by atoms with van der Waals surface area (Å²) in [6, 6.07) is 0. The van der Waals surface area contributed by atoms with Crippen LogP contribution in [0.1, 0.15) is 37.5 Å². The summed E-state index contributed by atoms with van der Waals surface area (Å²) in [5, 5.41) is 7.41. The predicted octanol–water partition coefficient (Wildman–Crippen LogP) is 4.62. The molecule has 0 radical (unpaired) electrons. The third-order valence-electron chi connectivity index (χ3n) is 3.82. The third kappa shape index (κ3) is 2.48. The van der Waals surface area contributed by atoms with E-state index in [1.165, 1.54) is 7.05 Å². The standard InChI is InChI=1S/C14H15BrF3N3O/c1-19-13-11(16)9(14(17)18)10(15)7-6-21(20-12(7)13)8-4-2-3-5-22-8/h6,8,14,19H,2-5H2,1H3. The molecule has 1 atom stereocenters. The predicted molar refractivity (Wildman–Crippen MR) is 80.7 cm³/mol. The zero-order chi connectivity index (χ0) is 15.9. The van der Waals surface area contributed by atoms with E-state index in [2.05, 4.69) is 26.3 Å². The van der Waals surface area contributed by atoms with Gasteiger partial charge in [0.15, 0.2) is 5.82 Å². The number of hydrogen-bond acceptors (Lipinski definition) is 3. The molecule has 120 valence electrons. The van der Waals surface area contributed by atoms with E-state index in [1.807, 2.05) is 0 Å². The lowest BCUT2D eigenvalue weighted by Crippen LogP contribution is -2.18. The zero-order valence-corrected chi connectivity index (χ0v) is 13.5. The molecule has 3 rings (SSSR count). The molecular formula is C14H15BrF3N3O. The summed E-state index contributed by atoms with van der Waals surface area (Å²) in [6.45, 7) is 0.636. The number of ether oxygens (including phenoxy) is 1. The molecular weight excluding hydrogens is 363 g/mol. The number of aromatic nitrogens is 2. The summed E-state index contributed by atoms with van der Waals surface area (Å²) >= 11 is 3.09. The van der Waals surface area contributed by atoms with Crippen LogP contribution < -0.4 is 5.32 Å². The van der Waals surface area contributed by atoms with Crippen molar-refractivity contribution in [2.75, 3.05) is 19.0 Å². The van der Waals surface area contributed by atoms with Crippen molar-refractivity contribution in [1.29, 1.82) is 0 Å². The van der Waals surface area contributed by atoms with Crippen molar-refractivity contribution in [1.82, 2.24) is 9.78 Å². The summed E-state index contributed by atoms with van der Waals surface area (Å²) in [5.74, 6) is -0.980. The molecule has 8 heteroatoms. The lowest BCUT2D eigenvalue weighted by Gasteiger charge is -2.22. The van der Waals surface area contributed by atoms with Crippen molar-refractivity contribution in [3.63, 3.8) is 0 Å². The molecule has 1 aromatic carbocycles. The first-order valence-corrected chi connectivity index (χ1v) is 7.81. The molecule has 1 N–H and O–H groups in total. The van der Waals surface area contributed by atoms with Gasteiger partial charge in [0.1, 0.15) is 11.7 Å². The second-order valence-electron chi connectivity index (χ2n) is 5.16. The highest BCUT2D eigenvalue weighted by atomic mass is 79.9. The monoisotopic (exact) mass is 377 g/mol. The average molecular weight is 378 g/mol. The first-order chi connectivity index (χ1) is 10.5. The first-order valence-electron chi connectivity index (χ1n) is 7.01. The largest absolute Gasteiger partial charge is 0.384 e. The maximum Gasteiger partial charge on any atom is 0.267 e. The number of nitrogens with zero attached hydrogens (tertiary/aromatic N) is 2. The Balaban J connectivity index is 2.19. The fourth-order valence-corrected chi connectivity index (χ4v) is 3.35. The van der Waals surface area contributed by atoms with Crippen LogP contribution in [0.2, 0.25) is 0 Å². The molecule has 4 nitrogen and oxygen atoms in total. The molecule has 0 saturated carbocycles. The van der Waals surface area contributed by atoms with Gasteiger partial charge in [-0.25, -0.2) is 17.9 Å². The van der Waals surface area contributed by atoms with Crippen molar-refractivity contribution in [3.8, 4) is 0 Å². The van der Waals surface area contributed by atoms with Gasteiger partial charge in [0.25, 0.3) is 6.43 Å². The fourth-order valence-electron chi connectivity index (χ4n) is 2.72. The minimum absolute atomic E-state index is 0.0249. The van der Waals surface area contributed by atoms with Gasteiger partial charge in [-0.15, -0.1) is 0 Å². The normalized spacial score (nSPS) is 19.1. The minimum atomic E-state index is -2.92. The molecule has 1 saturated heterocycles. The number of alkyl halides is 2. The highest BCUT2D eigenvalue weighted by molar-refractivity contribution is 9.10. The van der Waals surface area contributed by atoms with E-state index in [9.17, 15) is 13.2 Å². The lowest BCUT2D eigenvalue weighted by atomic mass is 10.1. The van der Waals surface area contributed by atoms with E-state index in [1.54, 1.807) is 10.9 Å². The van der Waals surface area contributed by atoms with Crippen molar-refractivity contribution in [2.45, 2.75) is 31.9 Å². The van der Waals surface area contributed by atoms with Gasteiger partial charge in [-0.05, 0) is 35.2 Å². The van der Waals surface area contributed by atoms with Crippen LogP contribution in [0.25, 0.3) is 10.9 Å². The molecule has 0 amide bonds. The SMILES string of the molecule is CNc1c(F)c(C(F)F)c(Br)c2cn(C3CCCCO3)nc12. The van der Waals surface area contributed by atoms with Gasteiger partial charge < -0.3 is 10.1 Å². The van der Waals surface area contributed by atoms with Crippen LogP contribution in [-0.4, -0.2) is 23.4 Å². The molecule has 0 aliphatic carbocycles. The molecule has 1 aliphatic rings. The molecule has 1 unspecified atom stereocenters. The Labute approximate surface area is 133 Å². The number of hydrogen-bond donors (Lipinski definition) is 1. The van der Waals surface area contributed by atoms with Gasteiger partial charge in [0.2, 0.25) is 0 Å². The Morgan fingerprint density at radius 3 is 2.82 bits per heavy atom. The van der Waals surface area contributed by atoms with Crippen LogP contribution >= 0.6 is 15.9 Å². The van der Waals surface area contributed by atoms with E-state index >= 15 is 0 Å². The maximum atomic E-state index is 14.3. The number of halogens is 4. The minimum Gasteiger partial charge on any atom is -0.384 e. The second kappa shape index (κ2) is 6.08. The van der Waals surface area contributed by atoms with Crippen LogP contribution in [0.5, 0.6) is 0 Å². The highest BCUT2D eigenvalue weighted by Crippen LogP contribution is 2.41. The Kier molecular flexibility index (Phi) is 4.31. The summed E-state index contributed by atoms with van der Waals surface area (Å²) < 4.78 is 47.9. The lowest BCUT2D eigenvalue weighted by molar-refractivity contribution is -0.0390. The Morgan fingerprint density at radius 2 is 2.23 bits per heavy atom. The topological polar surface area (TPSA) is 39.1 Å². The molecule has 2 aromatic rings. The van der Waals surface area contributed by atoms with E-state index in [4.69, 9.17) is 4.74 Å². The highest BCUT2D eigenvalue weighted by Gasteiger charge is 2.27. The molecule has 1 aliphatic heterocycles. The summed E-state index contributed by atoms with van der Waals surface area (Å²) in [6.07, 6.45) is 1.27. The van der Waals surface area contributed by atoms with Gasteiger partial charge in [-0.3, -0.25) is 0 Å². The number of fused-ring (bicyclic) bond motifs is 1. The van der Waals surface area contributed by atoms with Crippen LogP contribution in [0, 0.1) is 5.82 Å².